The minimum Gasteiger partial charge on any atom is -0.484 e. The summed E-state index contributed by atoms with van der Waals surface area (Å²) in [5.41, 5.74) is 6.67. The predicted molar refractivity (Wildman–Crippen MR) is 131 cm³/mol. The van der Waals surface area contributed by atoms with Crippen molar-refractivity contribution in [2.75, 3.05) is 13.1 Å². The van der Waals surface area contributed by atoms with Crippen LogP contribution in [0.25, 0.3) is 0 Å². The quantitative estimate of drug-likeness (QED) is 0.279. The van der Waals surface area contributed by atoms with E-state index < -0.39 is 30.1 Å². The van der Waals surface area contributed by atoms with Crippen molar-refractivity contribution in [3.63, 3.8) is 0 Å². The molecule has 2 unspecified atom stereocenters. The number of halogens is 3. The molecule has 1 saturated heterocycles. The molecule has 4 N–H and O–H groups in total. The van der Waals surface area contributed by atoms with Crippen molar-refractivity contribution in [3.8, 4) is 0 Å². The fraction of sp³-hybridized carbons (Fsp3) is 0.462. The Labute approximate surface area is 205 Å². The molecule has 1 aliphatic rings. The van der Waals surface area contributed by atoms with Gasteiger partial charge in [0.1, 0.15) is 11.9 Å². The Morgan fingerprint density at radius 1 is 1.26 bits per heavy atom. The van der Waals surface area contributed by atoms with Crippen molar-refractivity contribution >= 4 is 11.8 Å². The van der Waals surface area contributed by atoms with Crippen molar-refractivity contribution in [3.05, 3.63) is 71.5 Å². The van der Waals surface area contributed by atoms with E-state index in [-0.39, 0.29) is 11.3 Å². The fourth-order valence-corrected chi connectivity index (χ4v) is 3.22. The molecule has 0 saturated carbocycles. The molecular weight excluding hydrogens is 459 g/mol. The van der Waals surface area contributed by atoms with Crippen LogP contribution in [0.15, 0.2) is 60.4 Å². The second kappa shape index (κ2) is 14.4. The van der Waals surface area contributed by atoms with Crippen molar-refractivity contribution in [1.29, 1.82) is 0 Å². The normalized spacial score (nSPS) is 18.1. The second-order valence-electron chi connectivity index (χ2n) is 8.57. The second-order valence-corrected chi connectivity index (χ2v) is 8.57. The monoisotopic (exact) mass is 495 g/mol. The first-order valence-corrected chi connectivity index (χ1v) is 11.5. The van der Waals surface area contributed by atoms with Gasteiger partial charge in [-0.15, -0.1) is 0 Å². The number of allylic oxidation sites excluding steroid dienone is 2. The Morgan fingerprint density at radius 3 is 2.31 bits per heavy atom. The van der Waals surface area contributed by atoms with Gasteiger partial charge in [-0.2, -0.15) is 13.2 Å². The molecule has 2 amide bonds. The highest BCUT2D eigenvalue weighted by atomic mass is 19.4. The molecule has 0 aliphatic carbocycles. The Hall–Kier alpha value is -3.07. The summed E-state index contributed by atoms with van der Waals surface area (Å²) in [6.45, 7) is 13.2. The van der Waals surface area contributed by atoms with Gasteiger partial charge < -0.3 is 21.1 Å². The molecule has 1 heterocycles. The van der Waals surface area contributed by atoms with Gasteiger partial charge in [-0.1, -0.05) is 43.3 Å². The van der Waals surface area contributed by atoms with Crippen molar-refractivity contribution in [2.45, 2.75) is 58.9 Å². The number of rotatable bonds is 8. The lowest BCUT2D eigenvalue weighted by Gasteiger charge is -2.27. The van der Waals surface area contributed by atoms with E-state index in [9.17, 15) is 22.8 Å². The number of benzene rings is 1. The summed E-state index contributed by atoms with van der Waals surface area (Å²) < 4.78 is 43.7. The summed E-state index contributed by atoms with van der Waals surface area (Å²) in [5.74, 6) is -1.58. The summed E-state index contributed by atoms with van der Waals surface area (Å²) >= 11 is 0. The van der Waals surface area contributed by atoms with Crippen LogP contribution in [0.2, 0.25) is 0 Å². The van der Waals surface area contributed by atoms with Gasteiger partial charge in [0, 0.05) is 5.57 Å². The number of amides is 2. The van der Waals surface area contributed by atoms with Gasteiger partial charge >= 0.3 is 12.1 Å². The first kappa shape index (κ1) is 30.0. The van der Waals surface area contributed by atoms with E-state index in [1.54, 1.807) is 37.3 Å². The highest BCUT2D eigenvalue weighted by Crippen LogP contribution is 2.27. The molecule has 1 aromatic rings. The van der Waals surface area contributed by atoms with Crippen LogP contribution in [0.3, 0.4) is 0 Å². The lowest BCUT2D eigenvalue weighted by Crippen LogP contribution is -2.44. The van der Waals surface area contributed by atoms with Gasteiger partial charge in [-0.3, -0.25) is 9.59 Å². The molecule has 0 aromatic heterocycles. The molecule has 0 spiro atoms. The maximum atomic E-state index is 12.6. The lowest BCUT2D eigenvalue weighted by atomic mass is 10.0. The number of aryl methyl sites for hydroxylation is 1. The number of hydrogen-bond donors (Lipinski definition) is 3. The summed E-state index contributed by atoms with van der Waals surface area (Å²) in [7, 11) is 0. The van der Waals surface area contributed by atoms with Crippen molar-refractivity contribution < 1.29 is 27.5 Å². The van der Waals surface area contributed by atoms with Crippen LogP contribution in [0, 0.1) is 12.8 Å². The number of nitrogens with two attached hydrogens (primary N) is 1. The van der Waals surface area contributed by atoms with Crippen LogP contribution >= 0.6 is 0 Å². The molecule has 0 bridgehead atoms. The fourth-order valence-electron chi connectivity index (χ4n) is 3.22. The molecule has 3 atom stereocenters. The van der Waals surface area contributed by atoms with Gasteiger partial charge in [0.05, 0.1) is 6.04 Å². The van der Waals surface area contributed by atoms with Crippen molar-refractivity contribution in [2.24, 2.45) is 11.7 Å². The molecule has 1 aliphatic heterocycles. The van der Waals surface area contributed by atoms with E-state index in [1.807, 2.05) is 12.2 Å². The molecule has 9 heteroatoms. The smallest absolute Gasteiger partial charge is 0.471 e. The first-order valence-electron chi connectivity index (χ1n) is 11.5. The van der Waals surface area contributed by atoms with E-state index in [1.165, 1.54) is 45.0 Å². The molecule has 6 nitrogen and oxygen atoms in total. The van der Waals surface area contributed by atoms with Crippen LogP contribution in [0.5, 0.6) is 0 Å². The number of carbonyl (C=O) groups excluding carboxylic acids is 2. The van der Waals surface area contributed by atoms with Gasteiger partial charge in [-0.05, 0) is 76.4 Å². The predicted octanol–water partition coefficient (Wildman–Crippen LogP) is 4.63. The minimum atomic E-state index is -5.01. The van der Waals surface area contributed by atoms with Gasteiger partial charge in [0.15, 0.2) is 0 Å². The zero-order valence-electron chi connectivity index (χ0n) is 20.7. The molecule has 0 radical (unpaired) electrons. The number of piperidine rings is 1. The third-order valence-electron chi connectivity index (χ3n) is 5.33. The van der Waals surface area contributed by atoms with E-state index in [0.717, 1.165) is 11.5 Å². The average Bonchev–Trinajstić information content (AvgIpc) is 2.80. The highest BCUT2D eigenvalue weighted by Gasteiger charge is 2.40. The molecule has 1 fully saturated rings. The van der Waals surface area contributed by atoms with E-state index in [4.69, 9.17) is 10.5 Å². The number of ether oxygens (including phenoxy) is 1. The van der Waals surface area contributed by atoms with Gasteiger partial charge in [-0.25, -0.2) is 0 Å². The molecular formula is C26H36F3N3O3. The first-order chi connectivity index (χ1) is 16.3. The van der Waals surface area contributed by atoms with Gasteiger partial charge in [0.25, 0.3) is 0 Å². The minimum absolute atomic E-state index is 0.0354. The van der Waals surface area contributed by atoms with Crippen LogP contribution in [0.4, 0.5) is 13.2 Å². The number of carbonyl (C=O) groups is 2. The van der Waals surface area contributed by atoms with E-state index in [2.05, 4.69) is 18.8 Å². The molecule has 194 valence electrons. The highest BCUT2D eigenvalue weighted by molar-refractivity contribution is 5.94. The summed E-state index contributed by atoms with van der Waals surface area (Å²) in [5, 5.41) is 5.25. The van der Waals surface area contributed by atoms with Crippen LogP contribution in [0.1, 0.15) is 50.8 Å². The van der Waals surface area contributed by atoms with Crippen molar-refractivity contribution in [1.82, 2.24) is 10.6 Å². The van der Waals surface area contributed by atoms with E-state index >= 15 is 0 Å². The maximum Gasteiger partial charge on any atom is 0.471 e. The summed E-state index contributed by atoms with van der Waals surface area (Å²) in [4.78, 5) is 22.4. The average molecular weight is 496 g/mol. The molecule has 1 aromatic carbocycles. The third-order valence-corrected chi connectivity index (χ3v) is 5.33. The summed E-state index contributed by atoms with van der Waals surface area (Å²) in [6.07, 6.45) is 1.20. The zero-order valence-corrected chi connectivity index (χ0v) is 20.7. The van der Waals surface area contributed by atoms with Crippen LogP contribution in [-0.4, -0.2) is 37.1 Å². The van der Waals surface area contributed by atoms with Gasteiger partial charge in [0.2, 0.25) is 5.91 Å². The Morgan fingerprint density at radius 2 is 1.89 bits per heavy atom. The zero-order chi connectivity index (χ0) is 26.6. The standard InChI is InChI=1S/C20H23F3N2O3.C6H13N/c1-5-16(11-8-13(3)18(24)26)28-17(15-9-6-12(2)7-10-15)14(4)25-19(27)20(21,22)23;1-6-3-2-4-7-5-6/h5-11,14,17H,3H2,1-2,4H3,(H2,24,26)(H,25,27);6-7H,2-5H2,1H3/b11-8-,16-5+;/t14?,17-;/m0./s1. The Kier molecular flexibility index (Phi) is 12.3. The SMILES string of the molecule is C=C(/C=C\C(=C/C)O[C@H](c1ccc(C)cc1)C(C)NC(=O)C(F)(F)F)C(N)=O.CC1CCCNC1. The maximum absolute atomic E-state index is 12.6. The Bertz CT molecular complexity index is 903. The topological polar surface area (TPSA) is 93.4 Å². The van der Waals surface area contributed by atoms with Crippen LogP contribution in [-0.2, 0) is 14.3 Å². The lowest BCUT2D eigenvalue weighted by molar-refractivity contribution is -0.175. The third kappa shape index (κ3) is 11.3. The number of nitrogens with one attached hydrogen (secondary N) is 2. The number of hydrogen-bond acceptors (Lipinski definition) is 4. The Balaban J connectivity index is 0.000000744. The number of alkyl halides is 3. The van der Waals surface area contributed by atoms with Crippen LogP contribution < -0.4 is 16.4 Å². The molecule has 2 rings (SSSR count). The summed E-state index contributed by atoms with van der Waals surface area (Å²) in [6, 6.07) is 5.97. The number of primary amides is 1. The molecule has 35 heavy (non-hydrogen) atoms. The largest absolute Gasteiger partial charge is 0.484 e. The van der Waals surface area contributed by atoms with E-state index in [0.29, 0.717) is 5.56 Å².